The maximum absolute atomic E-state index is 12.1. The minimum Gasteiger partial charge on any atom is -0.333 e. The Morgan fingerprint density at radius 3 is 2.54 bits per heavy atom. The Bertz CT molecular complexity index is 768. The molecule has 2 aromatic carbocycles. The van der Waals surface area contributed by atoms with Crippen LogP contribution in [-0.2, 0) is 4.79 Å². The number of halogens is 2. The molecule has 0 unspecified atom stereocenters. The molecule has 5 nitrogen and oxygen atoms in total. The minimum atomic E-state index is -0.388. The predicted octanol–water partition coefficient (Wildman–Crippen LogP) is 3.92. The summed E-state index contributed by atoms with van der Waals surface area (Å²) in [6, 6.07) is 13.6. The van der Waals surface area contributed by atoms with E-state index in [-0.39, 0.29) is 24.4 Å². The highest BCUT2D eigenvalue weighted by atomic mass is 35.5. The molecule has 1 fully saturated rings. The third-order valence-corrected chi connectivity index (χ3v) is 4.44. The average Bonchev–Trinajstić information content (AvgIpc) is 2.92. The molecule has 0 spiro atoms. The van der Waals surface area contributed by atoms with Gasteiger partial charge in [-0.2, -0.15) is 0 Å². The second kappa shape index (κ2) is 7.11. The van der Waals surface area contributed by atoms with Gasteiger partial charge in [-0.3, -0.25) is 4.79 Å². The van der Waals surface area contributed by atoms with E-state index in [0.717, 1.165) is 5.69 Å². The van der Waals surface area contributed by atoms with E-state index in [4.69, 9.17) is 23.2 Å². The van der Waals surface area contributed by atoms with Crippen LogP contribution in [0.25, 0.3) is 0 Å². The van der Waals surface area contributed by atoms with Gasteiger partial charge < -0.3 is 15.5 Å². The maximum Gasteiger partial charge on any atom is 0.319 e. The second-order valence-corrected chi connectivity index (χ2v) is 6.28. The normalized spacial score (nSPS) is 17.0. The van der Waals surface area contributed by atoms with Crippen LogP contribution < -0.4 is 15.5 Å². The molecule has 2 aromatic rings. The van der Waals surface area contributed by atoms with Gasteiger partial charge >= 0.3 is 6.03 Å². The summed E-state index contributed by atoms with van der Waals surface area (Å²) in [5.74, 6) is -0.0129. The molecule has 3 rings (SSSR count). The van der Waals surface area contributed by atoms with Gasteiger partial charge in [-0.25, -0.2) is 4.79 Å². The zero-order chi connectivity index (χ0) is 17.1. The van der Waals surface area contributed by atoms with Crippen LogP contribution >= 0.6 is 23.2 Å². The molecule has 0 saturated carbocycles. The lowest BCUT2D eigenvalue weighted by Crippen LogP contribution is -2.39. The lowest BCUT2D eigenvalue weighted by molar-refractivity contribution is -0.117. The van der Waals surface area contributed by atoms with Crippen LogP contribution in [0.4, 0.5) is 16.2 Å². The standard InChI is InChI=1S/C17H15Cl2N3O2/c18-14-7-6-11(8-15(14)19)20-17(24)21-12-9-16(23)22(10-12)13-4-2-1-3-5-13/h1-8,12H,9-10H2,(H2,20,21,24)/t12-/m0/s1. The van der Waals surface area contributed by atoms with E-state index in [9.17, 15) is 9.59 Å². The molecule has 124 valence electrons. The second-order valence-electron chi connectivity index (χ2n) is 5.47. The number of carbonyl (C=O) groups is 2. The lowest BCUT2D eigenvalue weighted by atomic mass is 10.2. The first-order chi connectivity index (χ1) is 11.5. The van der Waals surface area contributed by atoms with Crippen molar-refractivity contribution in [1.82, 2.24) is 5.32 Å². The molecule has 1 heterocycles. The fourth-order valence-electron chi connectivity index (χ4n) is 2.59. The fourth-order valence-corrected chi connectivity index (χ4v) is 2.89. The molecular weight excluding hydrogens is 349 g/mol. The van der Waals surface area contributed by atoms with E-state index in [0.29, 0.717) is 22.3 Å². The van der Waals surface area contributed by atoms with Gasteiger partial charge in [-0.1, -0.05) is 41.4 Å². The van der Waals surface area contributed by atoms with Crippen LogP contribution in [0.2, 0.25) is 10.0 Å². The van der Waals surface area contributed by atoms with Gasteiger partial charge in [-0.05, 0) is 30.3 Å². The van der Waals surface area contributed by atoms with Crippen molar-refractivity contribution in [2.75, 3.05) is 16.8 Å². The molecule has 1 aliphatic heterocycles. The molecule has 1 saturated heterocycles. The Hall–Kier alpha value is -2.24. The number of nitrogens with zero attached hydrogens (tertiary/aromatic N) is 1. The first-order valence-corrected chi connectivity index (χ1v) is 8.16. The van der Waals surface area contributed by atoms with Gasteiger partial charge in [0.1, 0.15) is 0 Å². The van der Waals surface area contributed by atoms with Gasteiger partial charge in [0.2, 0.25) is 5.91 Å². The van der Waals surface area contributed by atoms with Gasteiger partial charge in [0.15, 0.2) is 0 Å². The SMILES string of the molecule is O=C(Nc1ccc(Cl)c(Cl)c1)N[C@H]1CC(=O)N(c2ccccc2)C1. The van der Waals surface area contributed by atoms with Crippen molar-refractivity contribution in [3.63, 3.8) is 0 Å². The van der Waals surface area contributed by atoms with Crippen molar-refractivity contribution in [3.8, 4) is 0 Å². The highest BCUT2D eigenvalue weighted by Gasteiger charge is 2.31. The number of para-hydroxylation sites is 1. The summed E-state index contributed by atoms with van der Waals surface area (Å²) in [6.07, 6.45) is 0.268. The van der Waals surface area contributed by atoms with Crippen LogP contribution in [0.3, 0.4) is 0 Å². The number of hydrogen-bond acceptors (Lipinski definition) is 2. The van der Waals surface area contributed by atoms with Crippen molar-refractivity contribution in [2.45, 2.75) is 12.5 Å². The van der Waals surface area contributed by atoms with Crippen LogP contribution in [0.1, 0.15) is 6.42 Å². The fraction of sp³-hybridized carbons (Fsp3) is 0.176. The molecule has 2 N–H and O–H groups in total. The average molecular weight is 364 g/mol. The van der Waals surface area contributed by atoms with Gasteiger partial charge in [0, 0.05) is 24.3 Å². The highest BCUT2D eigenvalue weighted by molar-refractivity contribution is 6.42. The molecule has 1 aliphatic rings. The Labute approximate surface area is 149 Å². The molecule has 3 amide bonds. The zero-order valence-corrected chi connectivity index (χ0v) is 14.1. The summed E-state index contributed by atoms with van der Waals surface area (Å²) < 4.78 is 0. The van der Waals surface area contributed by atoms with Crippen LogP contribution in [0.15, 0.2) is 48.5 Å². The molecule has 7 heteroatoms. The van der Waals surface area contributed by atoms with Crippen molar-refractivity contribution in [2.24, 2.45) is 0 Å². The largest absolute Gasteiger partial charge is 0.333 e. The monoisotopic (exact) mass is 363 g/mol. The molecule has 0 bridgehead atoms. The molecule has 1 atom stereocenters. The maximum atomic E-state index is 12.1. The third kappa shape index (κ3) is 3.80. The number of hydrogen-bond donors (Lipinski definition) is 2. The van der Waals surface area contributed by atoms with E-state index in [2.05, 4.69) is 10.6 Å². The summed E-state index contributed by atoms with van der Waals surface area (Å²) in [6.45, 7) is 0.442. The van der Waals surface area contributed by atoms with E-state index in [1.54, 1.807) is 23.1 Å². The van der Waals surface area contributed by atoms with Gasteiger partial charge in [0.25, 0.3) is 0 Å². The summed E-state index contributed by atoms with van der Waals surface area (Å²) in [5.41, 5.74) is 1.36. The van der Waals surface area contributed by atoms with Gasteiger partial charge in [-0.15, -0.1) is 0 Å². The van der Waals surface area contributed by atoms with Gasteiger partial charge in [0.05, 0.1) is 16.1 Å². The number of amides is 3. The molecule has 0 aromatic heterocycles. The van der Waals surface area contributed by atoms with E-state index < -0.39 is 0 Å². The summed E-state index contributed by atoms with van der Waals surface area (Å²) in [4.78, 5) is 25.9. The summed E-state index contributed by atoms with van der Waals surface area (Å²) in [5, 5.41) is 6.27. The van der Waals surface area contributed by atoms with Crippen molar-refractivity contribution >= 4 is 46.5 Å². The van der Waals surface area contributed by atoms with Crippen LogP contribution in [-0.4, -0.2) is 24.5 Å². The summed E-state index contributed by atoms with van der Waals surface area (Å²) >= 11 is 11.8. The number of anilines is 2. The molecule has 0 radical (unpaired) electrons. The number of benzene rings is 2. The first kappa shape index (κ1) is 16.6. The molecule has 0 aliphatic carbocycles. The molecule has 24 heavy (non-hydrogen) atoms. The number of rotatable bonds is 3. The van der Waals surface area contributed by atoms with E-state index in [1.807, 2.05) is 30.3 Å². The van der Waals surface area contributed by atoms with E-state index >= 15 is 0 Å². The zero-order valence-electron chi connectivity index (χ0n) is 12.6. The first-order valence-electron chi connectivity index (χ1n) is 7.41. The van der Waals surface area contributed by atoms with Crippen LogP contribution in [0.5, 0.6) is 0 Å². The topological polar surface area (TPSA) is 61.4 Å². The van der Waals surface area contributed by atoms with Crippen molar-refractivity contribution in [3.05, 3.63) is 58.6 Å². The summed E-state index contributed by atoms with van der Waals surface area (Å²) in [7, 11) is 0. The van der Waals surface area contributed by atoms with E-state index in [1.165, 1.54) is 0 Å². The minimum absolute atomic E-state index is 0.0129. The number of urea groups is 1. The Morgan fingerprint density at radius 1 is 1.08 bits per heavy atom. The smallest absolute Gasteiger partial charge is 0.319 e. The Kier molecular flexibility index (Phi) is 4.92. The highest BCUT2D eigenvalue weighted by Crippen LogP contribution is 2.25. The number of nitrogens with one attached hydrogen (secondary N) is 2. The Morgan fingerprint density at radius 2 is 1.83 bits per heavy atom. The lowest BCUT2D eigenvalue weighted by Gasteiger charge is -2.17. The quantitative estimate of drug-likeness (QED) is 0.867. The molecular formula is C17H15Cl2N3O2. The Balaban J connectivity index is 1.59. The predicted molar refractivity (Wildman–Crippen MR) is 95.8 cm³/mol. The number of carbonyl (C=O) groups excluding carboxylic acids is 2. The van der Waals surface area contributed by atoms with Crippen molar-refractivity contribution in [1.29, 1.82) is 0 Å². The third-order valence-electron chi connectivity index (χ3n) is 3.71. The van der Waals surface area contributed by atoms with Crippen molar-refractivity contribution < 1.29 is 9.59 Å². The van der Waals surface area contributed by atoms with Crippen LogP contribution in [0, 0.1) is 0 Å².